The maximum Gasteiger partial charge on any atom is 0.191 e. The van der Waals surface area contributed by atoms with E-state index in [1.165, 1.54) is 6.07 Å². The van der Waals surface area contributed by atoms with Crippen LogP contribution < -0.4 is 15.4 Å². The van der Waals surface area contributed by atoms with Gasteiger partial charge in [0.15, 0.2) is 5.96 Å². The molecular weight excluding hydrogens is 392 g/mol. The lowest BCUT2D eigenvalue weighted by Crippen LogP contribution is -2.40. The molecular formula is C22H29F2N3O3. The van der Waals surface area contributed by atoms with Crippen LogP contribution in [0.4, 0.5) is 8.78 Å². The minimum absolute atomic E-state index is 0.0994. The lowest BCUT2D eigenvalue weighted by atomic mass is 10.1. The first-order valence-corrected chi connectivity index (χ1v) is 9.90. The molecule has 0 aromatic heterocycles. The SMILES string of the molecule is CCOCCCNC(=NCc1ccc(OC)cc1)NCC(O)c1c(F)cccc1F. The van der Waals surface area contributed by atoms with Crippen LogP contribution in [-0.2, 0) is 11.3 Å². The van der Waals surface area contributed by atoms with Crippen molar-refractivity contribution in [2.24, 2.45) is 4.99 Å². The van der Waals surface area contributed by atoms with Crippen molar-refractivity contribution >= 4 is 5.96 Å². The van der Waals surface area contributed by atoms with Crippen molar-refractivity contribution in [2.45, 2.75) is 26.0 Å². The van der Waals surface area contributed by atoms with Crippen LogP contribution in [0.1, 0.15) is 30.6 Å². The smallest absolute Gasteiger partial charge is 0.191 e. The standard InChI is InChI=1S/C22H29F2N3O3/c1-3-30-13-5-12-25-22(26-14-16-8-10-17(29-2)11-9-16)27-15-20(28)21-18(23)6-4-7-19(21)24/h4,6-11,20,28H,3,5,12-15H2,1-2H3,(H2,25,26,27). The van der Waals surface area contributed by atoms with Crippen molar-refractivity contribution in [1.29, 1.82) is 0 Å². The van der Waals surface area contributed by atoms with Crippen LogP contribution in [0.5, 0.6) is 5.75 Å². The molecule has 6 nitrogen and oxygen atoms in total. The number of ether oxygens (including phenoxy) is 2. The van der Waals surface area contributed by atoms with E-state index in [1.54, 1.807) is 7.11 Å². The molecule has 2 aromatic carbocycles. The monoisotopic (exact) mass is 421 g/mol. The summed E-state index contributed by atoms with van der Waals surface area (Å²) in [5.41, 5.74) is 0.600. The minimum atomic E-state index is -1.36. The molecule has 0 aliphatic heterocycles. The van der Waals surface area contributed by atoms with Gasteiger partial charge in [0.1, 0.15) is 23.5 Å². The Kier molecular flexibility index (Phi) is 10.0. The van der Waals surface area contributed by atoms with Crippen LogP contribution >= 0.6 is 0 Å². The van der Waals surface area contributed by atoms with Crippen LogP contribution in [-0.4, -0.2) is 44.5 Å². The Balaban J connectivity index is 2.00. The Morgan fingerprint density at radius 1 is 1.10 bits per heavy atom. The Labute approximate surface area is 175 Å². The van der Waals surface area contributed by atoms with Crippen LogP contribution in [0.25, 0.3) is 0 Å². The number of hydrogen-bond donors (Lipinski definition) is 3. The molecule has 0 saturated heterocycles. The number of aliphatic imine (C=N–C) groups is 1. The Hall–Kier alpha value is -2.71. The average molecular weight is 421 g/mol. The third-order valence-corrected chi connectivity index (χ3v) is 4.34. The molecule has 0 bridgehead atoms. The number of halogens is 2. The van der Waals surface area contributed by atoms with Gasteiger partial charge >= 0.3 is 0 Å². The summed E-state index contributed by atoms with van der Waals surface area (Å²) in [6.45, 7) is 4.07. The Morgan fingerprint density at radius 3 is 2.43 bits per heavy atom. The van der Waals surface area contributed by atoms with E-state index >= 15 is 0 Å². The molecule has 164 valence electrons. The second-order valence-corrected chi connectivity index (χ2v) is 6.52. The maximum absolute atomic E-state index is 13.9. The highest BCUT2D eigenvalue weighted by Crippen LogP contribution is 2.20. The van der Waals surface area contributed by atoms with E-state index in [0.717, 1.165) is 29.9 Å². The number of benzene rings is 2. The van der Waals surface area contributed by atoms with E-state index in [2.05, 4.69) is 15.6 Å². The van der Waals surface area contributed by atoms with Crippen molar-refractivity contribution in [3.63, 3.8) is 0 Å². The molecule has 0 amide bonds. The Morgan fingerprint density at radius 2 is 1.80 bits per heavy atom. The zero-order valence-electron chi connectivity index (χ0n) is 17.3. The second kappa shape index (κ2) is 12.8. The van der Waals surface area contributed by atoms with E-state index in [-0.39, 0.29) is 12.1 Å². The fourth-order valence-corrected chi connectivity index (χ4v) is 2.73. The molecule has 0 heterocycles. The zero-order chi connectivity index (χ0) is 21.8. The van der Waals surface area contributed by atoms with Crippen molar-refractivity contribution in [3.8, 4) is 5.75 Å². The third-order valence-electron chi connectivity index (χ3n) is 4.34. The van der Waals surface area contributed by atoms with Gasteiger partial charge in [-0.15, -0.1) is 0 Å². The van der Waals surface area contributed by atoms with Gasteiger partial charge in [-0.2, -0.15) is 0 Å². The average Bonchev–Trinajstić information content (AvgIpc) is 2.75. The first-order chi connectivity index (χ1) is 14.5. The number of nitrogens with one attached hydrogen (secondary N) is 2. The topological polar surface area (TPSA) is 75.1 Å². The molecule has 2 rings (SSSR count). The predicted molar refractivity (Wildman–Crippen MR) is 113 cm³/mol. The van der Waals surface area contributed by atoms with Gasteiger partial charge in [0.05, 0.1) is 19.2 Å². The third kappa shape index (κ3) is 7.61. The highest BCUT2D eigenvalue weighted by molar-refractivity contribution is 5.79. The number of aliphatic hydroxyl groups is 1. The summed E-state index contributed by atoms with van der Waals surface area (Å²) in [4.78, 5) is 4.49. The van der Waals surface area contributed by atoms with Crippen LogP contribution in [0.15, 0.2) is 47.5 Å². The normalized spacial score (nSPS) is 12.5. The van der Waals surface area contributed by atoms with Crippen LogP contribution in [0.2, 0.25) is 0 Å². The van der Waals surface area contributed by atoms with Crippen molar-refractivity contribution in [1.82, 2.24) is 10.6 Å². The largest absolute Gasteiger partial charge is 0.497 e. The van der Waals surface area contributed by atoms with Gasteiger partial charge in [0.25, 0.3) is 0 Å². The fraction of sp³-hybridized carbons (Fsp3) is 0.409. The van der Waals surface area contributed by atoms with Gasteiger partial charge in [-0.25, -0.2) is 13.8 Å². The predicted octanol–water partition coefficient (Wildman–Crippen LogP) is 3.17. The summed E-state index contributed by atoms with van der Waals surface area (Å²) in [6, 6.07) is 11.0. The molecule has 0 aliphatic carbocycles. The molecule has 1 atom stereocenters. The van der Waals surface area contributed by atoms with Crippen molar-refractivity contribution in [3.05, 3.63) is 65.2 Å². The highest BCUT2D eigenvalue weighted by atomic mass is 19.1. The molecule has 2 aromatic rings. The molecule has 0 saturated carbocycles. The van der Waals surface area contributed by atoms with Crippen LogP contribution in [0.3, 0.4) is 0 Å². The first kappa shape index (κ1) is 23.6. The molecule has 0 spiro atoms. The lowest BCUT2D eigenvalue weighted by Gasteiger charge is -2.17. The van der Waals surface area contributed by atoms with Gasteiger partial charge in [0, 0.05) is 26.3 Å². The minimum Gasteiger partial charge on any atom is -0.497 e. The van der Waals surface area contributed by atoms with Crippen molar-refractivity contribution in [2.75, 3.05) is 33.4 Å². The van der Waals surface area contributed by atoms with Crippen molar-refractivity contribution < 1.29 is 23.4 Å². The van der Waals surface area contributed by atoms with Gasteiger partial charge in [-0.05, 0) is 43.2 Å². The van der Waals surface area contributed by atoms with Gasteiger partial charge in [-0.3, -0.25) is 0 Å². The number of hydrogen-bond acceptors (Lipinski definition) is 4. The van der Waals surface area contributed by atoms with Gasteiger partial charge in [0.2, 0.25) is 0 Å². The van der Waals surface area contributed by atoms with Crippen LogP contribution in [0, 0.1) is 11.6 Å². The van der Waals surface area contributed by atoms with Gasteiger partial charge < -0.3 is 25.2 Å². The van der Waals surface area contributed by atoms with E-state index in [0.29, 0.717) is 32.3 Å². The van der Waals surface area contributed by atoms with Gasteiger partial charge in [-0.1, -0.05) is 18.2 Å². The fourth-order valence-electron chi connectivity index (χ4n) is 2.73. The Bertz CT molecular complexity index is 780. The number of methoxy groups -OCH3 is 1. The summed E-state index contributed by atoms with van der Waals surface area (Å²) in [5, 5.41) is 16.3. The summed E-state index contributed by atoms with van der Waals surface area (Å²) >= 11 is 0. The van der Waals surface area contributed by atoms with E-state index < -0.39 is 17.7 Å². The quantitative estimate of drug-likeness (QED) is 0.295. The number of nitrogens with zero attached hydrogens (tertiary/aromatic N) is 1. The molecule has 3 N–H and O–H groups in total. The molecule has 0 fully saturated rings. The first-order valence-electron chi connectivity index (χ1n) is 9.90. The number of guanidine groups is 1. The highest BCUT2D eigenvalue weighted by Gasteiger charge is 2.18. The summed E-state index contributed by atoms with van der Waals surface area (Å²) in [5.74, 6) is -0.389. The zero-order valence-corrected chi connectivity index (χ0v) is 17.3. The van der Waals surface area contributed by atoms with E-state index in [1.807, 2.05) is 31.2 Å². The molecule has 8 heteroatoms. The second-order valence-electron chi connectivity index (χ2n) is 6.52. The molecule has 1 unspecified atom stereocenters. The number of rotatable bonds is 11. The molecule has 30 heavy (non-hydrogen) atoms. The molecule has 0 aliphatic rings. The van der Waals surface area contributed by atoms with E-state index in [4.69, 9.17) is 9.47 Å². The number of aliphatic hydroxyl groups excluding tert-OH is 1. The lowest BCUT2D eigenvalue weighted by molar-refractivity contribution is 0.145. The maximum atomic E-state index is 13.9. The summed E-state index contributed by atoms with van der Waals surface area (Å²) < 4.78 is 38.2. The summed E-state index contributed by atoms with van der Waals surface area (Å²) in [7, 11) is 1.60. The molecule has 0 radical (unpaired) electrons. The summed E-state index contributed by atoms with van der Waals surface area (Å²) in [6.07, 6.45) is -0.593. The van der Waals surface area contributed by atoms with E-state index in [9.17, 15) is 13.9 Å².